The molecule has 4 amide bonds. The summed E-state index contributed by atoms with van der Waals surface area (Å²) in [6.07, 6.45) is 1.77. The number of aromatic nitrogens is 1. The fourth-order valence-corrected chi connectivity index (χ4v) is 3.15. The zero-order chi connectivity index (χ0) is 21.0. The van der Waals surface area contributed by atoms with Crippen LogP contribution in [-0.2, 0) is 29.7 Å². The first-order valence-electron chi connectivity index (χ1n) is 9.12. The minimum absolute atomic E-state index is 0.0759. The Balaban J connectivity index is 1.59. The first-order valence-corrected chi connectivity index (χ1v) is 9.12. The number of aryl methyl sites for hydroxylation is 1. The number of amides is 4. The Hall–Kier alpha value is -3.49. The quantitative estimate of drug-likeness (QED) is 0.648. The lowest BCUT2D eigenvalue weighted by atomic mass is 10.1. The number of imide groups is 1. The van der Waals surface area contributed by atoms with Gasteiger partial charge in [0.25, 0.3) is 5.91 Å². The van der Waals surface area contributed by atoms with Gasteiger partial charge in [0.15, 0.2) is 11.5 Å². The van der Waals surface area contributed by atoms with Crippen LogP contribution < -0.4 is 20.1 Å². The topological polar surface area (TPSA) is 102 Å². The minimum Gasteiger partial charge on any atom is -0.493 e. The van der Waals surface area contributed by atoms with Crippen molar-refractivity contribution in [3.05, 3.63) is 47.8 Å². The van der Waals surface area contributed by atoms with Gasteiger partial charge in [-0.15, -0.1) is 0 Å². The largest absolute Gasteiger partial charge is 0.493 e. The summed E-state index contributed by atoms with van der Waals surface area (Å²) in [6.45, 7) is 0.430. The van der Waals surface area contributed by atoms with Crippen LogP contribution in [0.5, 0.6) is 11.5 Å². The van der Waals surface area contributed by atoms with Crippen LogP contribution in [-0.4, -0.2) is 47.6 Å². The highest BCUT2D eigenvalue weighted by atomic mass is 16.5. The highest BCUT2D eigenvalue weighted by Gasteiger charge is 2.39. The Morgan fingerprint density at radius 1 is 1.17 bits per heavy atom. The Morgan fingerprint density at radius 2 is 1.93 bits per heavy atom. The van der Waals surface area contributed by atoms with E-state index >= 15 is 0 Å². The second-order valence-electron chi connectivity index (χ2n) is 6.71. The summed E-state index contributed by atoms with van der Waals surface area (Å²) in [5.41, 5.74) is 1.65. The van der Waals surface area contributed by atoms with Crippen LogP contribution in [0.4, 0.5) is 4.79 Å². The van der Waals surface area contributed by atoms with E-state index in [1.807, 2.05) is 29.9 Å². The van der Waals surface area contributed by atoms with Crippen molar-refractivity contribution >= 4 is 17.8 Å². The summed E-state index contributed by atoms with van der Waals surface area (Å²) in [6, 6.07) is 7.55. The van der Waals surface area contributed by atoms with E-state index in [-0.39, 0.29) is 18.9 Å². The standard InChI is InChI=1S/C20H24N4O5/c1-23-8-4-5-14(23)11-21-18(25)10-15-19(26)24(20(27)22-15)12-13-6-7-16(28-2)17(9-13)29-3/h4-9,15H,10-12H2,1-3H3,(H,21,25)(H,22,27)/t15-/m1/s1. The van der Waals surface area contributed by atoms with Crippen LogP contribution in [0, 0.1) is 0 Å². The van der Waals surface area contributed by atoms with Gasteiger partial charge in [-0.25, -0.2) is 4.79 Å². The van der Waals surface area contributed by atoms with E-state index in [1.165, 1.54) is 14.2 Å². The first kappa shape index (κ1) is 20.2. The number of hydrogen-bond acceptors (Lipinski definition) is 5. The predicted molar refractivity (Wildman–Crippen MR) is 104 cm³/mol. The molecular weight excluding hydrogens is 376 g/mol. The lowest BCUT2D eigenvalue weighted by Crippen LogP contribution is -2.36. The van der Waals surface area contributed by atoms with Crippen LogP contribution in [0.2, 0.25) is 0 Å². The zero-order valence-electron chi connectivity index (χ0n) is 16.6. The molecule has 1 aromatic carbocycles. The maximum absolute atomic E-state index is 12.6. The molecule has 9 nitrogen and oxygen atoms in total. The van der Waals surface area contributed by atoms with Gasteiger partial charge in [0.1, 0.15) is 6.04 Å². The van der Waals surface area contributed by atoms with E-state index in [4.69, 9.17) is 9.47 Å². The van der Waals surface area contributed by atoms with Gasteiger partial charge >= 0.3 is 6.03 Å². The molecule has 1 aliphatic rings. The number of methoxy groups -OCH3 is 2. The van der Waals surface area contributed by atoms with Crippen LogP contribution >= 0.6 is 0 Å². The van der Waals surface area contributed by atoms with E-state index in [2.05, 4.69) is 10.6 Å². The number of nitrogens with zero attached hydrogens (tertiary/aromatic N) is 2. The number of rotatable bonds is 8. The molecule has 1 fully saturated rings. The lowest BCUT2D eigenvalue weighted by Gasteiger charge is -2.15. The smallest absolute Gasteiger partial charge is 0.325 e. The maximum Gasteiger partial charge on any atom is 0.325 e. The summed E-state index contributed by atoms with van der Waals surface area (Å²) >= 11 is 0. The molecule has 0 radical (unpaired) electrons. The third kappa shape index (κ3) is 4.50. The SMILES string of the molecule is COc1ccc(CN2C(=O)N[C@H](CC(=O)NCc3cccn3C)C2=O)cc1OC. The molecular formula is C20H24N4O5. The Morgan fingerprint density at radius 3 is 2.59 bits per heavy atom. The molecule has 1 aromatic heterocycles. The van der Waals surface area contributed by atoms with Crippen molar-refractivity contribution in [2.24, 2.45) is 7.05 Å². The van der Waals surface area contributed by atoms with Crippen molar-refractivity contribution in [1.82, 2.24) is 20.1 Å². The summed E-state index contributed by atoms with van der Waals surface area (Å²) in [4.78, 5) is 38.2. The Labute approximate surface area is 168 Å². The van der Waals surface area contributed by atoms with Crippen molar-refractivity contribution in [3.63, 3.8) is 0 Å². The van der Waals surface area contributed by atoms with Gasteiger partial charge < -0.3 is 24.7 Å². The fourth-order valence-electron chi connectivity index (χ4n) is 3.15. The molecule has 0 saturated carbocycles. The van der Waals surface area contributed by atoms with Crippen molar-refractivity contribution in [2.75, 3.05) is 14.2 Å². The van der Waals surface area contributed by atoms with E-state index in [0.29, 0.717) is 23.6 Å². The van der Waals surface area contributed by atoms with Gasteiger partial charge in [0.05, 0.1) is 33.7 Å². The van der Waals surface area contributed by atoms with Crippen LogP contribution in [0.1, 0.15) is 17.7 Å². The zero-order valence-corrected chi connectivity index (χ0v) is 16.6. The molecule has 0 spiro atoms. The van der Waals surface area contributed by atoms with Gasteiger partial charge in [0, 0.05) is 18.9 Å². The van der Waals surface area contributed by atoms with E-state index in [1.54, 1.807) is 18.2 Å². The van der Waals surface area contributed by atoms with Gasteiger partial charge in [-0.3, -0.25) is 14.5 Å². The lowest BCUT2D eigenvalue weighted by molar-refractivity contribution is -0.131. The number of carbonyl (C=O) groups excluding carboxylic acids is 3. The van der Waals surface area contributed by atoms with Crippen molar-refractivity contribution < 1.29 is 23.9 Å². The van der Waals surface area contributed by atoms with E-state index in [0.717, 1.165) is 10.6 Å². The second-order valence-corrected chi connectivity index (χ2v) is 6.71. The number of benzene rings is 1. The molecule has 0 aliphatic carbocycles. The molecule has 1 atom stereocenters. The second kappa shape index (κ2) is 8.68. The van der Waals surface area contributed by atoms with Crippen molar-refractivity contribution in [3.8, 4) is 11.5 Å². The van der Waals surface area contributed by atoms with E-state index in [9.17, 15) is 14.4 Å². The Bertz CT molecular complexity index is 923. The summed E-state index contributed by atoms with van der Waals surface area (Å²) in [5, 5.41) is 5.34. The number of hydrogen-bond donors (Lipinski definition) is 2. The fraction of sp³-hybridized carbons (Fsp3) is 0.350. The van der Waals surface area contributed by atoms with Gasteiger partial charge in [-0.2, -0.15) is 0 Å². The average molecular weight is 400 g/mol. The third-order valence-electron chi connectivity index (χ3n) is 4.80. The Kier molecular flexibility index (Phi) is 6.06. The van der Waals surface area contributed by atoms with Crippen molar-refractivity contribution in [1.29, 1.82) is 0 Å². The van der Waals surface area contributed by atoms with Gasteiger partial charge in [-0.1, -0.05) is 6.07 Å². The highest BCUT2D eigenvalue weighted by molar-refractivity contribution is 6.05. The molecule has 2 aromatic rings. The molecule has 2 N–H and O–H groups in total. The molecule has 1 aliphatic heterocycles. The van der Waals surface area contributed by atoms with Gasteiger partial charge in [0.2, 0.25) is 5.91 Å². The predicted octanol–water partition coefficient (Wildman–Crippen LogP) is 1.17. The number of carbonyl (C=O) groups is 3. The molecule has 2 heterocycles. The number of urea groups is 1. The van der Waals surface area contributed by atoms with Crippen LogP contribution in [0.25, 0.3) is 0 Å². The molecule has 1 saturated heterocycles. The summed E-state index contributed by atoms with van der Waals surface area (Å²) in [7, 11) is 4.93. The maximum atomic E-state index is 12.6. The van der Waals surface area contributed by atoms with Gasteiger partial charge in [-0.05, 0) is 29.8 Å². The summed E-state index contributed by atoms with van der Waals surface area (Å²) < 4.78 is 12.3. The average Bonchev–Trinajstić information content (AvgIpc) is 3.24. The summed E-state index contributed by atoms with van der Waals surface area (Å²) in [5.74, 6) is 0.325. The number of ether oxygens (including phenoxy) is 2. The molecule has 154 valence electrons. The minimum atomic E-state index is -0.879. The van der Waals surface area contributed by atoms with E-state index < -0.39 is 18.0 Å². The third-order valence-corrected chi connectivity index (χ3v) is 4.80. The van der Waals surface area contributed by atoms with Crippen LogP contribution in [0.3, 0.4) is 0 Å². The number of nitrogens with one attached hydrogen (secondary N) is 2. The monoisotopic (exact) mass is 400 g/mol. The molecule has 0 unspecified atom stereocenters. The highest BCUT2D eigenvalue weighted by Crippen LogP contribution is 2.28. The van der Waals surface area contributed by atoms with Crippen LogP contribution in [0.15, 0.2) is 36.5 Å². The molecule has 3 rings (SSSR count). The van der Waals surface area contributed by atoms with Crippen molar-refractivity contribution in [2.45, 2.75) is 25.6 Å². The molecule has 0 bridgehead atoms. The normalized spacial score (nSPS) is 16.0. The first-order chi connectivity index (χ1) is 13.9. The molecule has 9 heteroatoms. The molecule has 29 heavy (non-hydrogen) atoms.